The Hall–Kier alpha value is -0.920. The van der Waals surface area contributed by atoms with E-state index in [2.05, 4.69) is 35.6 Å². The van der Waals surface area contributed by atoms with E-state index in [-0.39, 0.29) is 6.04 Å². The van der Waals surface area contributed by atoms with Crippen LogP contribution in [0, 0.1) is 18.8 Å². The van der Waals surface area contributed by atoms with Crippen molar-refractivity contribution in [2.45, 2.75) is 57.4 Å². The zero-order valence-corrected chi connectivity index (χ0v) is 16.4. The van der Waals surface area contributed by atoms with E-state index in [1.807, 2.05) is 0 Å². The average Bonchev–Trinajstić information content (AvgIpc) is 2.78. The van der Waals surface area contributed by atoms with E-state index in [9.17, 15) is 8.42 Å². The van der Waals surface area contributed by atoms with E-state index >= 15 is 0 Å². The van der Waals surface area contributed by atoms with E-state index in [0.29, 0.717) is 22.4 Å². The van der Waals surface area contributed by atoms with Gasteiger partial charge in [0.05, 0.1) is 11.9 Å². The van der Waals surface area contributed by atoms with E-state index < -0.39 is 10.0 Å². The normalized spacial score (nSPS) is 22.5. The molecule has 2 rings (SSSR count). The molecule has 0 aliphatic heterocycles. The molecule has 1 aromatic heterocycles. The second-order valence-electron chi connectivity index (χ2n) is 7.68. The summed E-state index contributed by atoms with van der Waals surface area (Å²) < 4.78 is 29.8. The van der Waals surface area contributed by atoms with E-state index in [4.69, 9.17) is 0 Å². The molecule has 138 valence electrons. The molecule has 24 heavy (non-hydrogen) atoms. The summed E-state index contributed by atoms with van der Waals surface area (Å²) in [6.45, 7) is 8.37. The summed E-state index contributed by atoms with van der Waals surface area (Å²) in [5, 5.41) is 4.05. The third-order valence-corrected chi connectivity index (χ3v) is 6.45. The molecule has 1 heterocycles. The van der Waals surface area contributed by atoms with Gasteiger partial charge in [-0.1, -0.05) is 20.3 Å². The maximum Gasteiger partial charge on any atom is 0.244 e. The van der Waals surface area contributed by atoms with Crippen LogP contribution in [0.2, 0.25) is 0 Å². The lowest BCUT2D eigenvalue weighted by atomic mass is 9.86. The SMILES string of the molecule is Cc1c(S(=O)(=O)N[C@@H]2CCC[C@@H](CN(C)CC(C)C)C2)cnn1C. The van der Waals surface area contributed by atoms with Crippen molar-refractivity contribution in [2.24, 2.45) is 18.9 Å². The fourth-order valence-corrected chi connectivity index (χ4v) is 5.21. The number of nitrogens with zero attached hydrogens (tertiary/aromatic N) is 3. The van der Waals surface area contributed by atoms with Crippen molar-refractivity contribution >= 4 is 10.0 Å². The second kappa shape index (κ2) is 7.97. The van der Waals surface area contributed by atoms with Crippen molar-refractivity contribution in [3.63, 3.8) is 0 Å². The van der Waals surface area contributed by atoms with E-state index in [1.54, 1.807) is 18.7 Å². The predicted molar refractivity (Wildman–Crippen MR) is 96.3 cm³/mol. The molecule has 7 heteroatoms. The molecule has 6 nitrogen and oxygen atoms in total. The minimum Gasteiger partial charge on any atom is -0.306 e. The van der Waals surface area contributed by atoms with E-state index in [1.165, 1.54) is 12.6 Å². The molecule has 0 amide bonds. The molecule has 1 fully saturated rings. The lowest BCUT2D eigenvalue weighted by Gasteiger charge is -2.32. The summed E-state index contributed by atoms with van der Waals surface area (Å²) in [5.41, 5.74) is 0.673. The zero-order valence-electron chi connectivity index (χ0n) is 15.6. The molecule has 1 aliphatic carbocycles. The lowest BCUT2D eigenvalue weighted by Crippen LogP contribution is -2.41. The number of hydrogen-bond donors (Lipinski definition) is 1. The van der Waals surface area contributed by atoms with Crippen molar-refractivity contribution in [2.75, 3.05) is 20.1 Å². The summed E-state index contributed by atoms with van der Waals surface area (Å²) in [4.78, 5) is 2.67. The van der Waals surface area contributed by atoms with Gasteiger partial charge in [-0.15, -0.1) is 0 Å². The highest BCUT2D eigenvalue weighted by Crippen LogP contribution is 2.26. The van der Waals surface area contributed by atoms with Crippen molar-refractivity contribution in [3.05, 3.63) is 11.9 Å². The van der Waals surface area contributed by atoms with Gasteiger partial charge in [0, 0.05) is 26.2 Å². The predicted octanol–water partition coefficient (Wildman–Crippen LogP) is 2.15. The third-order valence-electron chi connectivity index (χ3n) is 4.83. The molecule has 0 unspecified atom stereocenters. The van der Waals surface area contributed by atoms with Crippen molar-refractivity contribution in [1.29, 1.82) is 0 Å². The number of sulfonamides is 1. The molecule has 1 aliphatic rings. The highest BCUT2D eigenvalue weighted by Gasteiger charge is 2.28. The molecule has 0 radical (unpaired) electrons. The van der Waals surface area contributed by atoms with Gasteiger partial charge in [0.1, 0.15) is 4.90 Å². The quantitative estimate of drug-likeness (QED) is 0.813. The first-order chi connectivity index (χ1) is 11.2. The molecule has 1 aromatic rings. The standard InChI is InChI=1S/C17H32N4O2S/c1-13(2)11-20(4)12-15-7-6-8-16(9-15)19-24(22,23)17-10-18-21(5)14(17)3/h10,13,15-16,19H,6-9,11-12H2,1-5H3/t15-,16-/m1/s1. The monoisotopic (exact) mass is 356 g/mol. The number of hydrogen-bond acceptors (Lipinski definition) is 4. The van der Waals surface area contributed by atoms with Crippen molar-refractivity contribution in [3.8, 4) is 0 Å². The minimum atomic E-state index is -3.49. The van der Waals surface area contributed by atoms with Gasteiger partial charge < -0.3 is 4.90 Å². The van der Waals surface area contributed by atoms with Crippen LogP contribution in [0.4, 0.5) is 0 Å². The number of aromatic nitrogens is 2. The summed E-state index contributed by atoms with van der Waals surface area (Å²) in [6.07, 6.45) is 5.55. The van der Waals surface area contributed by atoms with Gasteiger partial charge in [-0.3, -0.25) is 4.68 Å². The smallest absolute Gasteiger partial charge is 0.244 e. The van der Waals surface area contributed by atoms with Crippen LogP contribution in [0.3, 0.4) is 0 Å². The topological polar surface area (TPSA) is 67.2 Å². The average molecular weight is 357 g/mol. The Bertz CT molecular complexity index is 639. The van der Waals surface area contributed by atoms with Crippen LogP contribution in [0.15, 0.2) is 11.1 Å². The second-order valence-corrected chi connectivity index (χ2v) is 9.37. The Kier molecular flexibility index (Phi) is 6.45. The lowest BCUT2D eigenvalue weighted by molar-refractivity contribution is 0.203. The Morgan fingerprint density at radius 2 is 2.12 bits per heavy atom. The molecule has 2 atom stereocenters. The fraction of sp³-hybridized carbons (Fsp3) is 0.824. The first-order valence-electron chi connectivity index (χ1n) is 8.88. The Labute approximate surface area is 146 Å². The minimum absolute atomic E-state index is 0.0285. The fourth-order valence-electron chi connectivity index (χ4n) is 3.73. The third kappa shape index (κ3) is 5.04. The number of aryl methyl sites for hydroxylation is 1. The summed E-state index contributed by atoms with van der Waals surface area (Å²) in [6, 6.07) is 0.0285. The number of rotatable bonds is 7. The Morgan fingerprint density at radius 3 is 2.71 bits per heavy atom. The molecule has 1 N–H and O–H groups in total. The van der Waals surface area contributed by atoms with E-state index in [0.717, 1.165) is 32.4 Å². The van der Waals surface area contributed by atoms with Gasteiger partial charge in [-0.05, 0) is 45.1 Å². The van der Waals surface area contributed by atoms with Gasteiger partial charge in [0.25, 0.3) is 0 Å². The summed E-state index contributed by atoms with van der Waals surface area (Å²) >= 11 is 0. The van der Waals surface area contributed by atoms with Crippen LogP contribution in [-0.2, 0) is 17.1 Å². The highest BCUT2D eigenvalue weighted by atomic mass is 32.2. The molecule has 0 saturated heterocycles. The molecule has 0 spiro atoms. The maximum atomic E-state index is 12.6. The van der Waals surface area contributed by atoms with Crippen molar-refractivity contribution in [1.82, 2.24) is 19.4 Å². The van der Waals surface area contributed by atoms with Gasteiger partial charge in [0.2, 0.25) is 10.0 Å². The highest BCUT2D eigenvalue weighted by molar-refractivity contribution is 7.89. The Balaban J connectivity index is 1.96. The van der Waals surface area contributed by atoms with Gasteiger partial charge in [-0.2, -0.15) is 5.10 Å². The first-order valence-corrected chi connectivity index (χ1v) is 10.4. The zero-order chi connectivity index (χ0) is 17.9. The summed E-state index contributed by atoms with van der Waals surface area (Å²) in [5.74, 6) is 1.21. The van der Waals surface area contributed by atoms with Gasteiger partial charge in [-0.25, -0.2) is 13.1 Å². The molecule has 0 aromatic carbocycles. The van der Waals surface area contributed by atoms with Crippen LogP contribution in [-0.4, -0.2) is 49.3 Å². The molecular formula is C17H32N4O2S. The van der Waals surface area contributed by atoms with Crippen LogP contribution >= 0.6 is 0 Å². The molecular weight excluding hydrogens is 324 g/mol. The number of nitrogens with one attached hydrogen (secondary N) is 1. The van der Waals surface area contributed by atoms with Crippen LogP contribution in [0.1, 0.15) is 45.2 Å². The first kappa shape index (κ1) is 19.4. The van der Waals surface area contributed by atoms with Crippen LogP contribution < -0.4 is 4.72 Å². The summed E-state index contributed by atoms with van der Waals surface area (Å²) in [7, 11) is 0.431. The molecule has 0 bridgehead atoms. The van der Waals surface area contributed by atoms with Crippen molar-refractivity contribution < 1.29 is 8.42 Å². The van der Waals surface area contributed by atoms with Crippen LogP contribution in [0.25, 0.3) is 0 Å². The Morgan fingerprint density at radius 1 is 1.42 bits per heavy atom. The van der Waals surface area contributed by atoms with Gasteiger partial charge in [0.15, 0.2) is 0 Å². The van der Waals surface area contributed by atoms with Crippen LogP contribution in [0.5, 0.6) is 0 Å². The maximum absolute atomic E-state index is 12.6. The largest absolute Gasteiger partial charge is 0.306 e. The van der Waals surface area contributed by atoms with Gasteiger partial charge >= 0.3 is 0 Å². The molecule has 1 saturated carbocycles.